The van der Waals surface area contributed by atoms with Crippen LogP contribution in [-0.2, 0) is 0 Å². The van der Waals surface area contributed by atoms with Crippen LogP contribution < -0.4 is 5.32 Å². The number of nitrogens with one attached hydrogen (secondary N) is 1. The number of aryl methyl sites for hydroxylation is 1. The second kappa shape index (κ2) is 5.94. The lowest BCUT2D eigenvalue weighted by Crippen LogP contribution is -2.20. The third kappa shape index (κ3) is 4.06. The molecule has 82 valence electrons. The van der Waals surface area contributed by atoms with Crippen molar-refractivity contribution in [2.24, 2.45) is 0 Å². The predicted octanol–water partition coefficient (Wildman–Crippen LogP) is 3.79. The Morgan fingerprint density at radius 2 is 2.27 bits per heavy atom. The Labute approximate surface area is 97.1 Å². The second-order valence-corrected chi connectivity index (χ2v) is 4.19. The van der Waals surface area contributed by atoms with E-state index in [1.165, 1.54) is 11.1 Å². The monoisotopic (exact) mass is 223 g/mol. The number of rotatable bonds is 4. The zero-order valence-electron chi connectivity index (χ0n) is 9.55. The van der Waals surface area contributed by atoms with Crippen LogP contribution >= 0.6 is 11.6 Å². The highest BCUT2D eigenvalue weighted by Crippen LogP contribution is 2.13. The molecule has 0 aliphatic rings. The minimum absolute atomic E-state index is 0.358. The zero-order chi connectivity index (χ0) is 11.3. The van der Waals surface area contributed by atoms with Crippen LogP contribution in [0, 0.1) is 6.92 Å². The SMILES string of the molecule is C/C(=C\Cl)CN[C@@H](C)c1cccc(C)c1. The molecule has 1 atom stereocenters. The highest BCUT2D eigenvalue weighted by molar-refractivity contribution is 6.25. The zero-order valence-corrected chi connectivity index (χ0v) is 10.3. The molecule has 15 heavy (non-hydrogen) atoms. The molecule has 1 rings (SSSR count). The summed E-state index contributed by atoms with van der Waals surface area (Å²) in [5, 5.41) is 3.42. The Kier molecular flexibility index (Phi) is 4.86. The van der Waals surface area contributed by atoms with Gasteiger partial charge in [0.2, 0.25) is 0 Å². The van der Waals surface area contributed by atoms with E-state index in [2.05, 4.69) is 43.4 Å². The Bertz CT molecular complexity index is 344. The van der Waals surface area contributed by atoms with Gasteiger partial charge >= 0.3 is 0 Å². The number of halogens is 1. The molecule has 0 heterocycles. The van der Waals surface area contributed by atoms with E-state index in [1.54, 1.807) is 5.54 Å². The van der Waals surface area contributed by atoms with E-state index in [1.807, 2.05) is 6.92 Å². The molecule has 1 aromatic rings. The fourth-order valence-electron chi connectivity index (χ4n) is 1.41. The first-order valence-electron chi connectivity index (χ1n) is 5.19. The molecule has 0 fully saturated rings. The van der Waals surface area contributed by atoms with Gasteiger partial charge in [-0.05, 0) is 31.9 Å². The molecule has 0 radical (unpaired) electrons. The van der Waals surface area contributed by atoms with Crippen LogP contribution in [0.15, 0.2) is 35.4 Å². The topological polar surface area (TPSA) is 12.0 Å². The van der Waals surface area contributed by atoms with E-state index in [4.69, 9.17) is 11.6 Å². The second-order valence-electron chi connectivity index (χ2n) is 3.97. The molecule has 0 bridgehead atoms. The fraction of sp³-hybridized carbons (Fsp3) is 0.385. The number of benzene rings is 1. The molecule has 0 saturated carbocycles. The van der Waals surface area contributed by atoms with Crippen molar-refractivity contribution in [1.29, 1.82) is 0 Å². The van der Waals surface area contributed by atoms with Crippen molar-refractivity contribution in [3.05, 3.63) is 46.5 Å². The van der Waals surface area contributed by atoms with E-state index in [0.29, 0.717) is 6.04 Å². The van der Waals surface area contributed by atoms with Gasteiger partial charge in [0.15, 0.2) is 0 Å². The molecule has 0 spiro atoms. The van der Waals surface area contributed by atoms with Crippen molar-refractivity contribution < 1.29 is 0 Å². The molecule has 0 unspecified atom stereocenters. The van der Waals surface area contributed by atoms with Crippen LogP contribution in [0.4, 0.5) is 0 Å². The normalized spacial score (nSPS) is 14.0. The van der Waals surface area contributed by atoms with Crippen LogP contribution in [0.2, 0.25) is 0 Å². The first-order chi connectivity index (χ1) is 7.13. The maximum Gasteiger partial charge on any atom is 0.0294 e. The van der Waals surface area contributed by atoms with Crippen molar-refractivity contribution in [3.63, 3.8) is 0 Å². The average molecular weight is 224 g/mol. The summed E-state index contributed by atoms with van der Waals surface area (Å²) in [6.07, 6.45) is 0. The number of hydrogen-bond donors (Lipinski definition) is 1. The maximum absolute atomic E-state index is 5.60. The Morgan fingerprint density at radius 3 is 2.87 bits per heavy atom. The molecule has 1 nitrogen and oxygen atoms in total. The molecular weight excluding hydrogens is 206 g/mol. The molecular formula is C13H18ClN. The van der Waals surface area contributed by atoms with E-state index in [9.17, 15) is 0 Å². The van der Waals surface area contributed by atoms with Gasteiger partial charge in [0.05, 0.1) is 0 Å². The summed E-state index contributed by atoms with van der Waals surface area (Å²) in [6, 6.07) is 8.91. The quantitative estimate of drug-likeness (QED) is 0.819. The summed E-state index contributed by atoms with van der Waals surface area (Å²) in [6.45, 7) is 7.12. The standard InChI is InChI=1S/C13H18ClN/c1-10-5-4-6-13(7-10)12(3)15-9-11(2)8-14/h4-8,12,15H,9H2,1-3H3/b11-8+/t12-/m0/s1. The number of hydrogen-bond acceptors (Lipinski definition) is 1. The Morgan fingerprint density at radius 1 is 1.53 bits per heavy atom. The third-order valence-corrected chi connectivity index (χ3v) is 2.79. The summed E-state index contributed by atoms with van der Waals surface area (Å²) in [5.74, 6) is 0. The molecule has 1 aromatic carbocycles. The highest BCUT2D eigenvalue weighted by atomic mass is 35.5. The van der Waals surface area contributed by atoms with E-state index in [-0.39, 0.29) is 0 Å². The van der Waals surface area contributed by atoms with Crippen molar-refractivity contribution >= 4 is 11.6 Å². The Hall–Kier alpha value is -0.790. The van der Waals surface area contributed by atoms with Gasteiger partial charge in [0.25, 0.3) is 0 Å². The van der Waals surface area contributed by atoms with E-state index >= 15 is 0 Å². The molecule has 2 heteroatoms. The summed E-state index contributed by atoms with van der Waals surface area (Å²) in [5.41, 5.74) is 5.38. The van der Waals surface area contributed by atoms with Gasteiger partial charge in [-0.25, -0.2) is 0 Å². The summed E-state index contributed by atoms with van der Waals surface area (Å²) in [4.78, 5) is 0. The lowest BCUT2D eigenvalue weighted by molar-refractivity contribution is 0.607. The summed E-state index contributed by atoms with van der Waals surface area (Å²) < 4.78 is 0. The fourth-order valence-corrected chi connectivity index (χ4v) is 1.49. The maximum atomic E-state index is 5.60. The van der Waals surface area contributed by atoms with Crippen molar-refractivity contribution in [1.82, 2.24) is 5.32 Å². The van der Waals surface area contributed by atoms with Gasteiger partial charge in [-0.1, -0.05) is 41.4 Å². The molecule has 0 aliphatic heterocycles. The van der Waals surface area contributed by atoms with Gasteiger partial charge in [-0.2, -0.15) is 0 Å². The predicted molar refractivity (Wildman–Crippen MR) is 67.2 cm³/mol. The van der Waals surface area contributed by atoms with Gasteiger partial charge < -0.3 is 5.32 Å². The highest BCUT2D eigenvalue weighted by Gasteiger charge is 2.03. The smallest absolute Gasteiger partial charge is 0.0294 e. The van der Waals surface area contributed by atoms with E-state index in [0.717, 1.165) is 12.1 Å². The van der Waals surface area contributed by atoms with Gasteiger partial charge in [-0.3, -0.25) is 0 Å². The third-order valence-electron chi connectivity index (χ3n) is 2.42. The Balaban J connectivity index is 2.57. The first kappa shape index (κ1) is 12.3. The average Bonchev–Trinajstić information content (AvgIpc) is 2.25. The van der Waals surface area contributed by atoms with Crippen molar-refractivity contribution in [2.45, 2.75) is 26.8 Å². The minimum atomic E-state index is 0.358. The lowest BCUT2D eigenvalue weighted by Gasteiger charge is -2.14. The van der Waals surface area contributed by atoms with Crippen LogP contribution in [0.25, 0.3) is 0 Å². The molecule has 0 aromatic heterocycles. The van der Waals surface area contributed by atoms with Crippen LogP contribution in [-0.4, -0.2) is 6.54 Å². The summed E-state index contributed by atoms with van der Waals surface area (Å²) in [7, 11) is 0. The van der Waals surface area contributed by atoms with Crippen LogP contribution in [0.3, 0.4) is 0 Å². The van der Waals surface area contributed by atoms with Gasteiger partial charge in [0, 0.05) is 18.1 Å². The van der Waals surface area contributed by atoms with Crippen LogP contribution in [0.5, 0.6) is 0 Å². The van der Waals surface area contributed by atoms with Gasteiger partial charge in [0.1, 0.15) is 0 Å². The van der Waals surface area contributed by atoms with Crippen molar-refractivity contribution in [3.8, 4) is 0 Å². The first-order valence-corrected chi connectivity index (χ1v) is 5.63. The molecule has 1 N–H and O–H groups in total. The minimum Gasteiger partial charge on any atom is -0.306 e. The lowest BCUT2D eigenvalue weighted by atomic mass is 10.1. The molecule has 0 amide bonds. The van der Waals surface area contributed by atoms with Crippen LogP contribution in [0.1, 0.15) is 31.0 Å². The largest absolute Gasteiger partial charge is 0.306 e. The van der Waals surface area contributed by atoms with Gasteiger partial charge in [-0.15, -0.1) is 0 Å². The molecule has 0 saturated heterocycles. The molecule has 0 aliphatic carbocycles. The van der Waals surface area contributed by atoms with E-state index < -0.39 is 0 Å². The summed E-state index contributed by atoms with van der Waals surface area (Å²) >= 11 is 5.60. The van der Waals surface area contributed by atoms with Crippen molar-refractivity contribution in [2.75, 3.05) is 6.54 Å².